The Bertz CT molecular complexity index is 1470. The van der Waals surface area contributed by atoms with Gasteiger partial charge in [0, 0.05) is 17.2 Å². The van der Waals surface area contributed by atoms with Gasteiger partial charge < -0.3 is 4.74 Å². The van der Waals surface area contributed by atoms with Gasteiger partial charge in [0.15, 0.2) is 4.80 Å². The van der Waals surface area contributed by atoms with E-state index in [1.807, 2.05) is 0 Å². The van der Waals surface area contributed by atoms with E-state index in [2.05, 4.69) is 4.99 Å². The number of rotatable bonds is 4. The van der Waals surface area contributed by atoms with Crippen LogP contribution in [0.2, 0.25) is 5.02 Å². The van der Waals surface area contributed by atoms with Gasteiger partial charge in [-0.2, -0.15) is 0 Å². The van der Waals surface area contributed by atoms with Crippen molar-refractivity contribution in [3.8, 4) is 0 Å². The first-order valence-electron chi connectivity index (χ1n) is 9.41. The summed E-state index contributed by atoms with van der Waals surface area (Å²) >= 11 is 7.56. The van der Waals surface area contributed by atoms with Crippen molar-refractivity contribution in [2.75, 3.05) is 7.11 Å². The molecule has 0 saturated heterocycles. The number of carbonyl (C=O) groups excluding carboxylic acids is 1. The fourth-order valence-electron chi connectivity index (χ4n) is 3.56. The fraction of sp³-hybridized carbons (Fsp3) is 0.136. The maximum Gasteiger partial charge on any atom is 0.338 e. The molecule has 8 nitrogen and oxygen atoms in total. The number of esters is 1. The Labute approximate surface area is 190 Å². The van der Waals surface area contributed by atoms with E-state index >= 15 is 0 Å². The van der Waals surface area contributed by atoms with E-state index in [1.54, 1.807) is 49.4 Å². The Hall–Kier alpha value is -3.56. The van der Waals surface area contributed by atoms with E-state index in [9.17, 15) is 19.7 Å². The zero-order chi connectivity index (χ0) is 23.0. The Kier molecular flexibility index (Phi) is 5.77. The van der Waals surface area contributed by atoms with Gasteiger partial charge in [-0.3, -0.25) is 19.5 Å². The molecule has 0 amide bonds. The van der Waals surface area contributed by atoms with Gasteiger partial charge in [-0.1, -0.05) is 53.3 Å². The molecule has 2 heterocycles. The fourth-order valence-corrected chi connectivity index (χ4v) is 4.85. The lowest BCUT2D eigenvalue weighted by Gasteiger charge is -2.25. The molecule has 1 aliphatic rings. The largest absolute Gasteiger partial charge is 0.466 e. The summed E-state index contributed by atoms with van der Waals surface area (Å²) in [7, 11) is 1.26. The Morgan fingerprint density at radius 1 is 1.28 bits per heavy atom. The predicted molar refractivity (Wildman–Crippen MR) is 120 cm³/mol. The molecule has 1 aromatic heterocycles. The summed E-state index contributed by atoms with van der Waals surface area (Å²) in [5.41, 5.74) is 1.23. The zero-order valence-corrected chi connectivity index (χ0v) is 18.5. The molecule has 1 aliphatic heterocycles. The number of nitro groups is 1. The van der Waals surface area contributed by atoms with Crippen LogP contribution in [0, 0.1) is 10.1 Å². The highest BCUT2D eigenvalue weighted by Crippen LogP contribution is 2.34. The highest BCUT2D eigenvalue weighted by molar-refractivity contribution is 7.07. The number of nitro benzene ring substituents is 1. The smallest absolute Gasteiger partial charge is 0.338 e. The maximum atomic E-state index is 13.4. The molecule has 0 saturated carbocycles. The number of nitrogens with zero attached hydrogens (tertiary/aromatic N) is 3. The van der Waals surface area contributed by atoms with Gasteiger partial charge in [-0.25, -0.2) is 9.79 Å². The second-order valence-electron chi connectivity index (χ2n) is 6.95. The van der Waals surface area contributed by atoms with E-state index in [1.165, 1.54) is 23.8 Å². The molecule has 162 valence electrons. The molecule has 1 unspecified atom stereocenters. The average molecular weight is 470 g/mol. The number of benzene rings is 2. The number of fused-ring (bicyclic) bond motifs is 1. The third-order valence-corrected chi connectivity index (χ3v) is 6.33. The van der Waals surface area contributed by atoms with Crippen LogP contribution in [0.1, 0.15) is 24.1 Å². The third-order valence-electron chi connectivity index (χ3n) is 5.01. The first-order chi connectivity index (χ1) is 15.3. The van der Waals surface area contributed by atoms with Gasteiger partial charge in [-0.05, 0) is 30.2 Å². The van der Waals surface area contributed by atoms with Crippen molar-refractivity contribution in [2.45, 2.75) is 13.0 Å². The van der Waals surface area contributed by atoms with Crippen LogP contribution in [-0.2, 0) is 9.53 Å². The Morgan fingerprint density at radius 2 is 2.03 bits per heavy atom. The van der Waals surface area contributed by atoms with Crippen molar-refractivity contribution in [3.05, 3.63) is 106 Å². The molecule has 0 fully saturated rings. The summed E-state index contributed by atoms with van der Waals surface area (Å²) in [4.78, 5) is 41.5. The molecular formula is C22H16ClN3O5S. The minimum atomic E-state index is -0.820. The first kappa shape index (κ1) is 21.7. The molecule has 0 N–H and O–H groups in total. The molecule has 0 spiro atoms. The van der Waals surface area contributed by atoms with Crippen molar-refractivity contribution in [3.63, 3.8) is 0 Å². The molecule has 1 atom stereocenters. The Balaban J connectivity index is 1.98. The Morgan fingerprint density at radius 3 is 2.72 bits per heavy atom. The molecule has 32 heavy (non-hydrogen) atoms. The number of thiazole rings is 1. The van der Waals surface area contributed by atoms with Crippen LogP contribution in [0.3, 0.4) is 0 Å². The molecule has 4 rings (SSSR count). The van der Waals surface area contributed by atoms with Crippen LogP contribution in [0.4, 0.5) is 5.69 Å². The van der Waals surface area contributed by atoms with Gasteiger partial charge in [0.25, 0.3) is 11.2 Å². The van der Waals surface area contributed by atoms with Gasteiger partial charge >= 0.3 is 5.97 Å². The zero-order valence-electron chi connectivity index (χ0n) is 16.9. The summed E-state index contributed by atoms with van der Waals surface area (Å²) in [5.74, 6) is -0.607. The lowest BCUT2D eigenvalue weighted by Crippen LogP contribution is -2.39. The van der Waals surface area contributed by atoms with E-state index in [0.717, 1.165) is 11.3 Å². The van der Waals surface area contributed by atoms with E-state index in [0.29, 0.717) is 31.2 Å². The van der Waals surface area contributed by atoms with E-state index in [-0.39, 0.29) is 16.8 Å². The summed E-state index contributed by atoms with van der Waals surface area (Å²) in [6.07, 6.45) is 1.57. The van der Waals surface area contributed by atoms with Gasteiger partial charge in [0.1, 0.15) is 6.04 Å². The number of aromatic nitrogens is 1. The molecular weight excluding hydrogens is 454 g/mol. The summed E-state index contributed by atoms with van der Waals surface area (Å²) in [6.45, 7) is 1.67. The van der Waals surface area contributed by atoms with Crippen molar-refractivity contribution in [1.82, 2.24) is 4.57 Å². The van der Waals surface area contributed by atoms with Crippen LogP contribution in [0.15, 0.2) is 69.6 Å². The topological polar surface area (TPSA) is 104 Å². The number of hydrogen-bond acceptors (Lipinski definition) is 7. The first-order valence-corrected chi connectivity index (χ1v) is 10.6. The van der Waals surface area contributed by atoms with Crippen molar-refractivity contribution in [1.29, 1.82) is 0 Å². The van der Waals surface area contributed by atoms with E-state index < -0.39 is 16.9 Å². The number of methoxy groups -OCH3 is 1. The molecule has 0 radical (unpaired) electrons. The standard InChI is InChI=1S/C22H16ClN3O5S/c1-12-18(21(28)31-2)19(15-8-3-4-9-16(15)23)25-20(27)17(32-22(25)24-12)11-13-6-5-7-14(10-13)26(29)30/h3-11,19H,1-2H3. The predicted octanol–water partition coefficient (Wildman–Crippen LogP) is 2.97. The lowest BCUT2D eigenvalue weighted by molar-refractivity contribution is -0.384. The van der Waals surface area contributed by atoms with Crippen LogP contribution < -0.4 is 14.9 Å². The van der Waals surface area contributed by atoms with Gasteiger partial charge in [0.05, 0.1) is 27.8 Å². The third kappa shape index (κ3) is 3.76. The summed E-state index contributed by atoms with van der Waals surface area (Å²) < 4.78 is 6.69. The number of carbonyl (C=O) groups is 1. The molecule has 3 aromatic rings. The average Bonchev–Trinajstić information content (AvgIpc) is 3.07. The van der Waals surface area contributed by atoms with Crippen LogP contribution in [-0.4, -0.2) is 22.6 Å². The van der Waals surface area contributed by atoms with Crippen molar-refractivity contribution >= 4 is 40.7 Å². The van der Waals surface area contributed by atoms with Crippen molar-refractivity contribution in [2.24, 2.45) is 4.99 Å². The monoisotopic (exact) mass is 469 g/mol. The van der Waals surface area contributed by atoms with E-state index in [4.69, 9.17) is 16.3 Å². The summed E-state index contributed by atoms with van der Waals surface area (Å²) in [6, 6.07) is 12.1. The van der Waals surface area contributed by atoms with Crippen LogP contribution >= 0.6 is 22.9 Å². The minimum Gasteiger partial charge on any atom is -0.466 e. The molecule has 10 heteroatoms. The number of non-ortho nitro benzene ring substituents is 1. The number of hydrogen-bond donors (Lipinski definition) is 0. The molecule has 0 bridgehead atoms. The highest BCUT2D eigenvalue weighted by Gasteiger charge is 2.34. The normalized spacial score (nSPS) is 15.8. The molecule has 2 aromatic carbocycles. The van der Waals surface area contributed by atoms with Crippen LogP contribution in [0.5, 0.6) is 0 Å². The molecule has 0 aliphatic carbocycles. The number of allylic oxidation sites excluding steroid dienone is 1. The van der Waals surface area contributed by atoms with Gasteiger partial charge in [-0.15, -0.1) is 0 Å². The quantitative estimate of drug-likeness (QED) is 0.332. The number of halogens is 1. The minimum absolute atomic E-state index is 0.0794. The highest BCUT2D eigenvalue weighted by atomic mass is 35.5. The van der Waals surface area contributed by atoms with Crippen LogP contribution in [0.25, 0.3) is 6.08 Å². The maximum absolute atomic E-state index is 13.4. The van der Waals surface area contributed by atoms with Gasteiger partial charge in [0.2, 0.25) is 0 Å². The summed E-state index contributed by atoms with van der Waals surface area (Å²) in [5, 5.41) is 11.5. The second kappa shape index (κ2) is 8.52. The second-order valence-corrected chi connectivity index (χ2v) is 8.36. The number of ether oxygens (including phenoxy) is 1. The van der Waals surface area contributed by atoms with Crippen molar-refractivity contribution < 1.29 is 14.5 Å². The lowest BCUT2D eigenvalue weighted by atomic mass is 9.96. The SMILES string of the molecule is COC(=O)C1=C(C)N=c2sc(=Cc3cccc([N+](=O)[O-])c3)c(=O)n2C1c1ccccc1Cl.